The number of rotatable bonds is 4. The van der Waals surface area contributed by atoms with Crippen molar-refractivity contribution in [3.63, 3.8) is 0 Å². The van der Waals surface area contributed by atoms with E-state index < -0.39 is 11.9 Å². The Morgan fingerprint density at radius 2 is 1.89 bits per heavy atom. The summed E-state index contributed by atoms with van der Waals surface area (Å²) < 4.78 is 1.53. The Labute approximate surface area is 110 Å². The molecule has 5 heteroatoms. The van der Waals surface area contributed by atoms with Crippen molar-refractivity contribution in [1.82, 2.24) is 4.57 Å². The van der Waals surface area contributed by atoms with Crippen molar-refractivity contribution in [2.75, 3.05) is 0 Å². The molecule has 0 saturated carbocycles. The van der Waals surface area contributed by atoms with Crippen LogP contribution in [0.2, 0.25) is 0 Å². The Balaban J connectivity index is 2.80. The Kier molecular flexibility index (Phi) is 3.29. The lowest BCUT2D eigenvalue weighted by Gasteiger charge is -2.08. The second kappa shape index (κ2) is 4.76. The number of carboxylic acid groups (broad SMARTS) is 2. The van der Waals surface area contributed by atoms with Gasteiger partial charge >= 0.3 is 11.9 Å². The molecule has 2 rings (SSSR count). The molecule has 19 heavy (non-hydrogen) atoms. The van der Waals surface area contributed by atoms with Gasteiger partial charge in [0.2, 0.25) is 0 Å². The first-order chi connectivity index (χ1) is 8.93. The number of aromatic carboxylic acids is 1. The van der Waals surface area contributed by atoms with E-state index in [0.29, 0.717) is 5.52 Å². The molecular formula is C14H15NO4. The number of aryl methyl sites for hydroxylation is 2. The summed E-state index contributed by atoms with van der Waals surface area (Å²) in [4.78, 5) is 22.3. The van der Waals surface area contributed by atoms with Gasteiger partial charge in [0.05, 0.1) is 11.1 Å². The Hall–Kier alpha value is -2.30. The van der Waals surface area contributed by atoms with E-state index in [9.17, 15) is 14.7 Å². The van der Waals surface area contributed by atoms with Crippen LogP contribution in [0.3, 0.4) is 0 Å². The van der Waals surface area contributed by atoms with Gasteiger partial charge in [0.25, 0.3) is 0 Å². The molecule has 0 fully saturated rings. The molecular weight excluding hydrogens is 246 g/mol. The lowest BCUT2D eigenvalue weighted by atomic mass is 10.0. The zero-order chi connectivity index (χ0) is 14.2. The van der Waals surface area contributed by atoms with Crippen LogP contribution in [0.5, 0.6) is 0 Å². The van der Waals surface area contributed by atoms with E-state index in [4.69, 9.17) is 5.11 Å². The molecule has 0 aliphatic carbocycles. The molecule has 0 radical (unpaired) electrons. The summed E-state index contributed by atoms with van der Waals surface area (Å²) in [6, 6.07) is 5.35. The molecule has 0 atom stereocenters. The smallest absolute Gasteiger partial charge is 0.337 e. The van der Waals surface area contributed by atoms with Crippen LogP contribution >= 0.6 is 0 Å². The van der Waals surface area contributed by atoms with Crippen LogP contribution in [0.25, 0.3) is 10.9 Å². The van der Waals surface area contributed by atoms with Gasteiger partial charge in [-0.05, 0) is 37.1 Å². The highest BCUT2D eigenvalue weighted by molar-refractivity contribution is 6.03. The van der Waals surface area contributed by atoms with Gasteiger partial charge in [0.1, 0.15) is 6.54 Å². The molecule has 0 unspecified atom stereocenters. The topological polar surface area (TPSA) is 79.5 Å². The fraction of sp³-hybridized carbons (Fsp3) is 0.286. The van der Waals surface area contributed by atoms with Crippen molar-refractivity contribution >= 4 is 22.8 Å². The Morgan fingerprint density at radius 3 is 2.42 bits per heavy atom. The van der Waals surface area contributed by atoms with Gasteiger partial charge in [0.15, 0.2) is 0 Å². The summed E-state index contributed by atoms with van der Waals surface area (Å²) in [7, 11) is 0. The van der Waals surface area contributed by atoms with E-state index >= 15 is 0 Å². The number of benzene rings is 1. The first-order valence-electron chi connectivity index (χ1n) is 6.02. The van der Waals surface area contributed by atoms with Crippen molar-refractivity contribution < 1.29 is 19.8 Å². The Morgan fingerprint density at radius 1 is 1.21 bits per heavy atom. The van der Waals surface area contributed by atoms with E-state index in [1.807, 2.05) is 19.1 Å². The molecule has 0 spiro atoms. The maximum Gasteiger partial charge on any atom is 0.337 e. The van der Waals surface area contributed by atoms with Crippen molar-refractivity contribution in [1.29, 1.82) is 0 Å². The second-order valence-electron chi connectivity index (χ2n) is 4.51. The number of hydrogen-bond acceptors (Lipinski definition) is 2. The van der Waals surface area contributed by atoms with E-state index in [1.165, 1.54) is 4.57 Å². The highest BCUT2D eigenvalue weighted by Gasteiger charge is 2.17. The molecule has 2 aromatic rings. The predicted octanol–water partition coefficient (Wildman–Crippen LogP) is 2.29. The standard InChI is InChI=1S/C14H15NO4/c1-3-9-5-10-4-8(2)15(7-12(16)17)13(10)11(6-9)14(18)19/h4-6H,3,7H2,1-2H3,(H,16,17)(H,18,19). The van der Waals surface area contributed by atoms with E-state index in [1.54, 1.807) is 13.0 Å². The maximum absolute atomic E-state index is 11.4. The van der Waals surface area contributed by atoms with Gasteiger partial charge in [-0.2, -0.15) is 0 Å². The third-order valence-corrected chi connectivity index (χ3v) is 3.19. The van der Waals surface area contributed by atoms with Crippen LogP contribution in [0.15, 0.2) is 18.2 Å². The summed E-state index contributed by atoms with van der Waals surface area (Å²) in [5.41, 5.74) is 2.30. The summed E-state index contributed by atoms with van der Waals surface area (Å²) in [6.07, 6.45) is 0.735. The van der Waals surface area contributed by atoms with Crippen LogP contribution in [0.4, 0.5) is 0 Å². The fourth-order valence-corrected chi connectivity index (χ4v) is 2.32. The first kappa shape index (κ1) is 13.1. The molecule has 2 N–H and O–H groups in total. The van der Waals surface area contributed by atoms with Crippen molar-refractivity contribution in [3.05, 3.63) is 35.0 Å². The molecule has 0 bridgehead atoms. The lowest BCUT2D eigenvalue weighted by molar-refractivity contribution is -0.137. The first-order valence-corrected chi connectivity index (χ1v) is 6.02. The molecule has 0 aliphatic heterocycles. The summed E-state index contributed by atoms with van der Waals surface area (Å²) in [5, 5.41) is 19.0. The minimum atomic E-state index is -1.04. The number of hydrogen-bond donors (Lipinski definition) is 2. The predicted molar refractivity (Wildman–Crippen MR) is 70.6 cm³/mol. The molecule has 5 nitrogen and oxygen atoms in total. The van der Waals surface area contributed by atoms with Crippen LogP contribution < -0.4 is 0 Å². The third kappa shape index (κ3) is 2.31. The fourth-order valence-electron chi connectivity index (χ4n) is 2.32. The largest absolute Gasteiger partial charge is 0.480 e. The van der Waals surface area contributed by atoms with Crippen LogP contribution in [-0.2, 0) is 17.8 Å². The quantitative estimate of drug-likeness (QED) is 0.885. The number of fused-ring (bicyclic) bond motifs is 1. The molecule has 0 amide bonds. The van der Waals surface area contributed by atoms with Gasteiger partial charge in [-0.1, -0.05) is 6.92 Å². The van der Waals surface area contributed by atoms with E-state index in [0.717, 1.165) is 23.1 Å². The molecule has 100 valence electrons. The van der Waals surface area contributed by atoms with Gasteiger partial charge in [-0.15, -0.1) is 0 Å². The highest BCUT2D eigenvalue weighted by Crippen LogP contribution is 2.25. The second-order valence-corrected chi connectivity index (χ2v) is 4.51. The lowest BCUT2D eigenvalue weighted by Crippen LogP contribution is -2.12. The zero-order valence-corrected chi connectivity index (χ0v) is 10.8. The molecule has 0 saturated heterocycles. The summed E-state index contributed by atoms with van der Waals surface area (Å²) >= 11 is 0. The molecule has 1 aromatic heterocycles. The van der Waals surface area contributed by atoms with Gasteiger partial charge < -0.3 is 14.8 Å². The van der Waals surface area contributed by atoms with Gasteiger partial charge in [-0.25, -0.2) is 4.79 Å². The normalized spacial score (nSPS) is 10.8. The number of carboxylic acids is 2. The number of nitrogens with zero attached hydrogens (tertiary/aromatic N) is 1. The summed E-state index contributed by atoms with van der Waals surface area (Å²) in [6.45, 7) is 3.50. The minimum Gasteiger partial charge on any atom is -0.480 e. The molecule has 1 aromatic carbocycles. The molecule has 0 aliphatic rings. The summed E-state index contributed by atoms with van der Waals surface area (Å²) in [5.74, 6) is -2.03. The highest BCUT2D eigenvalue weighted by atomic mass is 16.4. The van der Waals surface area contributed by atoms with Crippen LogP contribution in [-0.4, -0.2) is 26.7 Å². The van der Waals surface area contributed by atoms with Gasteiger partial charge in [-0.3, -0.25) is 4.79 Å². The monoisotopic (exact) mass is 261 g/mol. The van der Waals surface area contributed by atoms with Crippen molar-refractivity contribution in [2.45, 2.75) is 26.8 Å². The average Bonchev–Trinajstić information content (AvgIpc) is 2.63. The average molecular weight is 261 g/mol. The number of carbonyl (C=O) groups is 2. The van der Waals surface area contributed by atoms with Gasteiger partial charge in [0, 0.05) is 11.1 Å². The van der Waals surface area contributed by atoms with E-state index in [2.05, 4.69) is 0 Å². The van der Waals surface area contributed by atoms with Crippen molar-refractivity contribution in [3.8, 4) is 0 Å². The number of aliphatic carboxylic acids is 1. The molecule has 1 heterocycles. The zero-order valence-electron chi connectivity index (χ0n) is 10.8. The number of aromatic nitrogens is 1. The maximum atomic E-state index is 11.4. The Bertz CT molecular complexity index is 670. The third-order valence-electron chi connectivity index (χ3n) is 3.19. The minimum absolute atomic E-state index is 0.156. The van der Waals surface area contributed by atoms with Crippen LogP contribution in [0, 0.1) is 6.92 Å². The van der Waals surface area contributed by atoms with Crippen molar-refractivity contribution in [2.24, 2.45) is 0 Å². The van der Waals surface area contributed by atoms with E-state index in [-0.39, 0.29) is 12.1 Å². The SMILES string of the molecule is CCc1cc(C(=O)O)c2c(c1)cc(C)n2CC(=O)O. The van der Waals surface area contributed by atoms with Crippen LogP contribution in [0.1, 0.15) is 28.5 Å².